The number of likely N-dealkylation sites (tertiary alicyclic amines) is 1. The van der Waals surface area contributed by atoms with Crippen molar-refractivity contribution < 1.29 is 32.6 Å². The fraction of sp³-hybridized carbons (Fsp3) is 0.375. The van der Waals surface area contributed by atoms with Crippen LogP contribution in [0.3, 0.4) is 0 Å². The number of carboxylic acid groups (broad SMARTS) is 1. The Balaban J connectivity index is 2.17. The first kappa shape index (κ1) is 18.0. The van der Waals surface area contributed by atoms with E-state index in [1.807, 2.05) is 4.90 Å². The van der Waals surface area contributed by atoms with Gasteiger partial charge in [-0.3, -0.25) is 9.69 Å². The van der Waals surface area contributed by atoms with Crippen molar-refractivity contribution in [3.63, 3.8) is 0 Å². The van der Waals surface area contributed by atoms with Crippen LogP contribution in [0.25, 0.3) is 0 Å². The second-order valence-electron chi connectivity index (χ2n) is 5.80. The van der Waals surface area contributed by atoms with E-state index in [1.165, 1.54) is 12.1 Å². The molecule has 0 bridgehead atoms. The molecule has 1 fully saturated rings. The van der Waals surface area contributed by atoms with Crippen molar-refractivity contribution in [3.8, 4) is 0 Å². The summed E-state index contributed by atoms with van der Waals surface area (Å²) < 4.78 is 43.3. The highest BCUT2D eigenvalue weighted by Gasteiger charge is 2.46. The number of halogens is 3. The fourth-order valence-electron chi connectivity index (χ4n) is 2.60. The van der Waals surface area contributed by atoms with Gasteiger partial charge in [0.2, 0.25) is 0 Å². The van der Waals surface area contributed by atoms with E-state index >= 15 is 0 Å². The van der Waals surface area contributed by atoms with E-state index < -0.39 is 35.7 Å². The molecule has 0 spiro atoms. The first-order valence-corrected chi connectivity index (χ1v) is 7.03. The molecule has 0 radical (unpaired) electrons. The van der Waals surface area contributed by atoms with Gasteiger partial charge in [-0.05, 0) is 24.7 Å². The van der Waals surface area contributed by atoms with Crippen molar-refractivity contribution in [2.24, 2.45) is 0 Å². The van der Waals surface area contributed by atoms with Crippen LogP contribution in [0, 0.1) is 0 Å². The molecular weight excluding hydrogens is 327 g/mol. The topological polar surface area (TPSA) is 66.8 Å². The van der Waals surface area contributed by atoms with Crippen LogP contribution in [0.1, 0.15) is 17.5 Å². The monoisotopic (exact) mass is 343 g/mol. The van der Waals surface area contributed by atoms with Gasteiger partial charge in [0.15, 0.2) is 5.60 Å². The number of ether oxygens (including phenoxy) is 1. The van der Waals surface area contributed by atoms with E-state index in [1.54, 1.807) is 7.05 Å². The van der Waals surface area contributed by atoms with Gasteiger partial charge in [0.25, 0.3) is 0 Å². The molecule has 0 atom stereocenters. The highest BCUT2D eigenvalue weighted by molar-refractivity contribution is 5.91. The smallest absolute Gasteiger partial charge is 0.416 e. The molecule has 2 rings (SSSR count). The summed E-state index contributed by atoms with van der Waals surface area (Å²) in [5.74, 6) is -2.09. The molecule has 130 valence electrons. The van der Waals surface area contributed by atoms with Crippen LogP contribution in [0.15, 0.2) is 36.4 Å². The van der Waals surface area contributed by atoms with Gasteiger partial charge in [0.1, 0.15) is 0 Å². The molecule has 1 N–H and O–H groups in total. The van der Waals surface area contributed by atoms with Crippen molar-refractivity contribution in [1.29, 1.82) is 0 Å². The molecule has 0 aromatic heterocycles. The molecule has 0 amide bonds. The maximum atomic E-state index is 12.6. The highest BCUT2D eigenvalue weighted by Crippen LogP contribution is 2.37. The Kier molecular flexibility index (Phi) is 4.70. The molecule has 1 aliphatic heterocycles. The molecule has 0 saturated carbocycles. The first-order chi connectivity index (χ1) is 11.0. The van der Waals surface area contributed by atoms with Crippen LogP contribution in [0.5, 0.6) is 0 Å². The minimum absolute atomic E-state index is 0.309. The van der Waals surface area contributed by atoms with E-state index in [9.17, 15) is 22.8 Å². The third-order valence-electron chi connectivity index (χ3n) is 3.76. The van der Waals surface area contributed by atoms with Crippen molar-refractivity contribution in [1.82, 2.24) is 4.90 Å². The first-order valence-electron chi connectivity index (χ1n) is 7.03. The summed E-state index contributed by atoms with van der Waals surface area (Å²) >= 11 is 0. The van der Waals surface area contributed by atoms with E-state index in [2.05, 4.69) is 6.58 Å². The average Bonchev–Trinajstić information content (AvgIpc) is 2.44. The van der Waals surface area contributed by atoms with E-state index in [4.69, 9.17) is 9.84 Å². The summed E-state index contributed by atoms with van der Waals surface area (Å²) in [6.45, 7) is 3.88. The number of benzene rings is 1. The van der Waals surface area contributed by atoms with Gasteiger partial charge in [-0.2, -0.15) is 13.2 Å². The summed E-state index contributed by atoms with van der Waals surface area (Å²) in [7, 11) is 1.77. The summed E-state index contributed by atoms with van der Waals surface area (Å²) in [5, 5.41) is 8.74. The van der Waals surface area contributed by atoms with Crippen molar-refractivity contribution in [3.05, 3.63) is 47.5 Å². The molecule has 0 unspecified atom stereocenters. The Morgan fingerprint density at radius 1 is 1.29 bits per heavy atom. The van der Waals surface area contributed by atoms with Crippen LogP contribution in [0.4, 0.5) is 13.2 Å². The predicted octanol–water partition coefficient (Wildman–Crippen LogP) is 2.42. The predicted molar refractivity (Wildman–Crippen MR) is 78.1 cm³/mol. The van der Waals surface area contributed by atoms with Gasteiger partial charge < -0.3 is 9.84 Å². The molecule has 5 nitrogen and oxygen atoms in total. The third-order valence-corrected chi connectivity index (χ3v) is 3.76. The minimum Gasteiger partial charge on any atom is -0.478 e. The fourth-order valence-corrected chi connectivity index (χ4v) is 2.60. The lowest BCUT2D eigenvalue weighted by Gasteiger charge is -2.47. The average molecular weight is 343 g/mol. The number of esters is 1. The third kappa shape index (κ3) is 3.76. The number of hydrogen-bond donors (Lipinski definition) is 1. The van der Waals surface area contributed by atoms with Crippen molar-refractivity contribution >= 4 is 11.9 Å². The molecule has 8 heteroatoms. The summed E-state index contributed by atoms with van der Waals surface area (Å²) in [5.41, 5.74) is -1.74. The number of hydrogen-bond acceptors (Lipinski definition) is 4. The van der Waals surface area contributed by atoms with E-state index in [-0.39, 0.29) is 5.57 Å². The van der Waals surface area contributed by atoms with Gasteiger partial charge >= 0.3 is 18.1 Å². The normalized spacial score (nSPS) is 17.0. The zero-order valence-electron chi connectivity index (χ0n) is 12.9. The van der Waals surface area contributed by atoms with Gasteiger partial charge in [0, 0.05) is 18.7 Å². The van der Waals surface area contributed by atoms with Crippen LogP contribution < -0.4 is 0 Å². The summed E-state index contributed by atoms with van der Waals surface area (Å²) in [6, 6.07) is 4.41. The van der Waals surface area contributed by atoms with Crippen LogP contribution in [-0.4, -0.2) is 42.1 Å². The Hall–Kier alpha value is -2.35. The lowest BCUT2D eigenvalue weighted by molar-refractivity contribution is -0.180. The maximum Gasteiger partial charge on any atom is 0.416 e. The number of alkyl halides is 3. The van der Waals surface area contributed by atoms with Crippen LogP contribution >= 0.6 is 0 Å². The molecule has 1 saturated heterocycles. The van der Waals surface area contributed by atoms with Crippen molar-refractivity contribution in [2.45, 2.75) is 18.2 Å². The second kappa shape index (κ2) is 6.27. The van der Waals surface area contributed by atoms with E-state index in [0.29, 0.717) is 18.7 Å². The number of rotatable bonds is 5. The summed E-state index contributed by atoms with van der Waals surface area (Å²) in [6.07, 6.45) is -4.93. The Morgan fingerprint density at radius 3 is 2.25 bits per heavy atom. The Labute approximate surface area is 136 Å². The largest absolute Gasteiger partial charge is 0.478 e. The molecule has 24 heavy (non-hydrogen) atoms. The van der Waals surface area contributed by atoms with Gasteiger partial charge in [-0.25, -0.2) is 4.79 Å². The molecule has 0 aliphatic carbocycles. The maximum absolute atomic E-state index is 12.6. The minimum atomic E-state index is -4.45. The van der Waals surface area contributed by atoms with Crippen LogP contribution in [-0.2, 0) is 26.1 Å². The number of aliphatic carboxylic acids is 1. The quantitative estimate of drug-likeness (QED) is 0.657. The highest BCUT2D eigenvalue weighted by atomic mass is 19.4. The number of nitrogens with zero attached hydrogens (tertiary/aromatic N) is 1. The molecule has 1 aliphatic rings. The Morgan fingerprint density at radius 2 is 1.83 bits per heavy atom. The van der Waals surface area contributed by atoms with Crippen molar-refractivity contribution in [2.75, 3.05) is 20.1 Å². The zero-order chi connectivity index (χ0) is 18.1. The Bertz CT molecular complexity index is 661. The number of carbonyl (C=O) groups is 2. The van der Waals surface area contributed by atoms with Gasteiger partial charge in [0.05, 0.1) is 12.0 Å². The lowest BCUT2D eigenvalue weighted by atomic mass is 9.85. The van der Waals surface area contributed by atoms with Crippen LogP contribution in [0.2, 0.25) is 0 Å². The number of likely N-dealkylation sites (N-methyl/N-ethyl adjacent to an activating group) is 1. The zero-order valence-corrected chi connectivity index (χ0v) is 12.9. The molecular formula is C16H16F3NO4. The van der Waals surface area contributed by atoms with Gasteiger partial charge in [-0.15, -0.1) is 0 Å². The number of carboxylic acids is 1. The lowest BCUT2D eigenvalue weighted by Crippen LogP contribution is -2.59. The summed E-state index contributed by atoms with van der Waals surface area (Å²) in [4.78, 5) is 24.5. The number of carbonyl (C=O) groups excluding carboxylic acids is 1. The standard InChI is InChI=1S/C16H16F3NO4/c1-10(14(22)23)7-13(21)24-15(8-20(2)9-15)11-3-5-12(6-4-11)16(17,18)19/h3-6H,1,7-9H2,2H3,(H,22,23). The molecule has 1 aromatic rings. The molecule has 1 aromatic carbocycles. The van der Waals surface area contributed by atoms with E-state index in [0.717, 1.165) is 12.1 Å². The SMILES string of the molecule is C=C(CC(=O)OC1(c2ccc(C(F)(F)F)cc2)CN(C)C1)C(=O)O. The molecule has 1 heterocycles. The van der Waals surface area contributed by atoms with Gasteiger partial charge in [-0.1, -0.05) is 18.7 Å². The second-order valence-corrected chi connectivity index (χ2v) is 5.80.